The standard InChI is InChI=1S/C11H8Br2N2O4/c12-6-1-2-7(13)8(5-6)14-11(19)15-9(16)3-4-10(17)18/h1-5H,(H,17,18)(H2,14,15,16,19)/b4-3+. The number of urea groups is 1. The maximum atomic E-state index is 11.5. The maximum absolute atomic E-state index is 11.5. The van der Waals surface area contributed by atoms with Crippen LogP contribution in [0.2, 0.25) is 0 Å². The van der Waals surface area contributed by atoms with Gasteiger partial charge in [0.05, 0.1) is 5.69 Å². The van der Waals surface area contributed by atoms with E-state index in [1.165, 1.54) is 0 Å². The average molecular weight is 392 g/mol. The zero-order valence-electron chi connectivity index (χ0n) is 9.31. The molecule has 8 heteroatoms. The Morgan fingerprint density at radius 3 is 2.47 bits per heavy atom. The quantitative estimate of drug-likeness (QED) is 0.689. The number of nitrogens with one attached hydrogen (secondary N) is 2. The lowest BCUT2D eigenvalue weighted by molar-refractivity contribution is -0.131. The molecule has 0 atom stereocenters. The number of anilines is 1. The molecule has 0 spiro atoms. The van der Waals surface area contributed by atoms with Gasteiger partial charge in [0.25, 0.3) is 5.91 Å². The molecule has 0 bridgehead atoms. The average Bonchev–Trinajstić information content (AvgIpc) is 2.31. The summed E-state index contributed by atoms with van der Waals surface area (Å²) in [5.74, 6) is -2.10. The fourth-order valence-electron chi connectivity index (χ4n) is 1.05. The van der Waals surface area contributed by atoms with Crippen LogP contribution < -0.4 is 10.6 Å². The van der Waals surface area contributed by atoms with Crippen LogP contribution in [0.1, 0.15) is 0 Å². The third-order valence-corrected chi connectivity index (χ3v) is 2.98. The van der Waals surface area contributed by atoms with Crippen molar-refractivity contribution in [2.75, 3.05) is 5.32 Å². The van der Waals surface area contributed by atoms with Crippen molar-refractivity contribution in [1.29, 1.82) is 0 Å². The number of carbonyl (C=O) groups is 3. The van der Waals surface area contributed by atoms with E-state index in [0.717, 1.165) is 10.5 Å². The molecule has 19 heavy (non-hydrogen) atoms. The van der Waals surface area contributed by atoms with Gasteiger partial charge < -0.3 is 10.4 Å². The highest BCUT2D eigenvalue weighted by Crippen LogP contribution is 2.25. The van der Waals surface area contributed by atoms with Crippen molar-refractivity contribution in [3.63, 3.8) is 0 Å². The van der Waals surface area contributed by atoms with Crippen molar-refractivity contribution in [2.45, 2.75) is 0 Å². The number of imide groups is 1. The summed E-state index contributed by atoms with van der Waals surface area (Å²) in [6, 6.07) is 4.36. The van der Waals surface area contributed by atoms with Gasteiger partial charge in [0.15, 0.2) is 0 Å². The van der Waals surface area contributed by atoms with E-state index in [1.807, 2.05) is 5.32 Å². The van der Waals surface area contributed by atoms with Crippen LogP contribution in [0.5, 0.6) is 0 Å². The van der Waals surface area contributed by atoms with E-state index in [1.54, 1.807) is 18.2 Å². The second-order valence-corrected chi connectivity index (χ2v) is 5.01. The Morgan fingerprint density at radius 1 is 1.16 bits per heavy atom. The predicted octanol–water partition coefficient (Wildman–Crippen LogP) is 2.50. The van der Waals surface area contributed by atoms with Crippen LogP contribution in [0, 0.1) is 0 Å². The van der Waals surface area contributed by atoms with E-state index in [9.17, 15) is 14.4 Å². The number of rotatable bonds is 3. The molecule has 0 aliphatic carbocycles. The molecule has 0 saturated carbocycles. The van der Waals surface area contributed by atoms with Crippen LogP contribution in [-0.4, -0.2) is 23.0 Å². The van der Waals surface area contributed by atoms with Crippen LogP contribution in [0.4, 0.5) is 10.5 Å². The van der Waals surface area contributed by atoms with E-state index < -0.39 is 17.9 Å². The van der Waals surface area contributed by atoms with Crippen molar-refractivity contribution < 1.29 is 19.5 Å². The van der Waals surface area contributed by atoms with Crippen molar-refractivity contribution in [3.8, 4) is 0 Å². The summed E-state index contributed by atoms with van der Waals surface area (Å²) in [4.78, 5) is 32.8. The Bertz CT molecular complexity index is 558. The van der Waals surface area contributed by atoms with Gasteiger partial charge in [0.2, 0.25) is 0 Å². The monoisotopic (exact) mass is 390 g/mol. The molecule has 1 aromatic carbocycles. The highest BCUT2D eigenvalue weighted by molar-refractivity contribution is 9.11. The molecule has 0 heterocycles. The Hall–Kier alpha value is -1.67. The third-order valence-electron chi connectivity index (χ3n) is 1.79. The Kier molecular flexibility index (Phi) is 5.71. The van der Waals surface area contributed by atoms with Crippen LogP contribution in [-0.2, 0) is 9.59 Å². The number of aliphatic carboxylic acids is 1. The number of halogens is 2. The van der Waals surface area contributed by atoms with E-state index in [4.69, 9.17) is 5.11 Å². The molecule has 1 rings (SSSR count). The second kappa shape index (κ2) is 7.05. The summed E-state index contributed by atoms with van der Waals surface area (Å²) in [6.45, 7) is 0. The fraction of sp³-hybridized carbons (Fsp3) is 0. The smallest absolute Gasteiger partial charge is 0.328 e. The molecular weight excluding hydrogens is 384 g/mol. The van der Waals surface area contributed by atoms with Crippen molar-refractivity contribution in [1.82, 2.24) is 5.32 Å². The largest absolute Gasteiger partial charge is 0.478 e. The minimum Gasteiger partial charge on any atom is -0.478 e. The predicted molar refractivity (Wildman–Crippen MR) is 75.8 cm³/mol. The first-order chi connectivity index (χ1) is 8.88. The molecular formula is C11H8Br2N2O4. The van der Waals surface area contributed by atoms with Crippen molar-refractivity contribution in [3.05, 3.63) is 39.3 Å². The van der Waals surface area contributed by atoms with E-state index in [0.29, 0.717) is 16.2 Å². The van der Waals surface area contributed by atoms with Crippen LogP contribution >= 0.6 is 31.9 Å². The minimum absolute atomic E-state index is 0.460. The van der Waals surface area contributed by atoms with Crippen molar-refractivity contribution in [2.24, 2.45) is 0 Å². The number of amides is 3. The lowest BCUT2D eigenvalue weighted by atomic mass is 10.3. The highest BCUT2D eigenvalue weighted by Gasteiger charge is 2.08. The van der Waals surface area contributed by atoms with Gasteiger partial charge in [0.1, 0.15) is 0 Å². The molecule has 100 valence electrons. The number of benzene rings is 1. The van der Waals surface area contributed by atoms with Gasteiger partial charge >= 0.3 is 12.0 Å². The summed E-state index contributed by atoms with van der Waals surface area (Å²) < 4.78 is 1.39. The molecule has 1 aromatic rings. The summed E-state index contributed by atoms with van der Waals surface area (Å²) in [5, 5.41) is 12.7. The van der Waals surface area contributed by atoms with Crippen molar-refractivity contribution >= 4 is 55.5 Å². The molecule has 0 aromatic heterocycles. The van der Waals surface area contributed by atoms with Crippen LogP contribution in [0.3, 0.4) is 0 Å². The van der Waals surface area contributed by atoms with Gasteiger partial charge in [-0.1, -0.05) is 15.9 Å². The van der Waals surface area contributed by atoms with Gasteiger partial charge in [0, 0.05) is 21.1 Å². The molecule has 0 aliphatic rings. The zero-order valence-corrected chi connectivity index (χ0v) is 12.5. The Morgan fingerprint density at radius 2 is 1.84 bits per heavy atom. The number of hydrogen-bond donors (Lipinski definition) is 3. The molecule has 3 amide bonds. The van der Waals surface area contributed by atoms with Gasteiger partial charge in [-0.25, -0.2) is 9.59 Å². The lowest BCUT2D eigenvalue weighted by Crippen LogP contribution is -2.33. The SMILES string of the molecule is O=C(O)/C=C/C(=O)NC(=O)Nc1cc(Br)ccc1Br. The number of carboxylic acid groups (broad SMARTS) is 1. The summed E-state index contributed by atoms with van der Waals surface area (Å²) in [7, 11) is 0. The van der Waals surface area contributed by atoms with Gasteiger partial charge in [-0.3, -0.25) is 10.1 Å². The zero-order chi connectivity index (χ0) is 14.4. The van der Waals surface area contributed by atoms with E-state index in [2.05, 4.69) is 37.2 Å². The van der Waals surface area contributed by atoms with E-state index >= 15 is 0 Å². The first-order valence-corrected chi connectivity index (χ1v) is 6.45. The van der Waals surface area contributed by atoms with Gasteiger partial charge in [-0.2, -0.15) is 0 Å². The summed E-state index contributed by atoms with van der Waals surface area (Å²) in [5.41, 5.74) is 0.460. The lowest BCUT2D eigenvalue weighted by Gasteiger charge is -2.07. The number of carbonyl (C=O) groups excluding carboxylic acids is 2. The first-order valence-electron chi connectivity index (χ1n) is 4.86. The van der Waals surface area contributed by atoms with Gasteiger partial charge in [-0.05, 0) is 34.1 Å². The molecule has 0 aliphatic heterocycles. The van der Waals surface area contributed by atoms with Gasteiger partial charge in [-0.15, -0.1) is 0 Å². The molecule has 0 fully saturated rings. The molecule has 0 radical (unpaired) electrons. The minimum atomic E-state index is -1.27. The second-order valence-electron chi connectivity index (χ2n) is 3.24. The summed E-state index contributed by atoms with van der Waals surface area (Å²) >= 11 is 6.48. The number of carboxylic acids is 1. The fourth-order valence-corrected chi connectivity index (χ4v) is 1.75. The topological polar surface area (TPSA) is 95.5 Å². The summed E-state index contributed by atoms with van der Waals surface area (Å²) in [6.07, 6.45) is 1.38. The molecule has 6 nitrogen and oxygen atoms in total. The Balaban J connectivity index is 2.63. The molecule has 0 unspecified atom stereocenters. The maximum Gasteiger partial charge on any atom is 0.328 e. The van der Waals surface area contributed by atoms with Crippen LogP contribution in [0.25, 0.3) is 0 Å². The third kappa shape index (κ3) is 5.66. The first kappa shape index (κ1) is 15.4. The highest BCUT2D eigenvalue weighted by atomic mass is 79.9. The Labute approximate surface area is 125 Å². The normalized spacial score (nSPS) is 10.2. The van der Waals surface area contributed by atoms with E-state index in [-0.39, 0.29) is 0 Å². The molecule has 0 saturated heterocycles. The molecule has 3 N–H and O–H groups in total. The number of hydrogen-bond acceptors (Lipinski definition) is 3. The van der Waals surface area contributed by atoms with Crippen LogP contribution in [0.15, 0.2) is 39.3 Å².